The van der Waals surface area contributed by atoms with E-state index in [0.29, 0.717) is 11.4 Å². The summed E-state index contributed by atoms with van der Waals surface area (Å²) in [5.41, 5.74) is 11.7. The molecule has 2 aromatic carbocycles. The van der Waals surface area contributed by atoms with Crippen LogP contribution in [0.2, 0.25) is 0 Å². The second-order valence-electron chi connectivity index (χ2n) is 5.03. The number of anilines is 2. The van der Waals surface area contributed by atoms with Crippen LogP contribution in [0.4, 0.5) is 11.4 Å². The van der Waals surface area contributed by atoms with E-state index >= 15 is 0 Å². The van der Waals surface area contributed by atoms with E-state index in [9.17, 15) is 28.7 Å². The molecule has 0 fully saturated rings. The van der Waals surface area contributed by atoms with Gasteiger partial charge < -0.3 is 31.0 Å². The van der Waals surface area contributed by atoms with Gasteiger partial charge in [0, 0.05) is 11.4 Å². The predicted octanol–water partition coefficient (Wildman–Crippen LogP) is 2.03. The van der Waals surface area contributed by atoms with Gasteiger partial charge in [-0.15, -0.1) is 0 Å². The van der Waals surface area contributed by atoms with Crippen molar-refractivity contribution in [2.24, 2.45) is 0 Å². The fourth-order valence-electron chi connectivity index (χ4n) is 2.17. The first-order valence-corrected chi connectivity index (χ1v) is 9.81. The molecule has 8 nitrogen and oxygen atoms in total. The summed E-state index contributed by atoms with van der Waals surface area (Å²) in [7, 11) is -10.1. The molecule has 2 rings (SSSR count). The van der Waals surface area contributed by atoms with E-state index in [1.165, 1.54) is 48.5 Å². The Balaban J connectivity index is 2.89. The molecule has 0 atom stereocenters. The van der Waals surface area contributed by atoms with Crippen LogP contribution in [0.1, 0.15) is 11.1 Å². The lowest BCUT2D eigenvalue weighted by Crippen LogP contribution is -1.97. The molecule has 8 N–H and O–H groups in total. The number of hydrogen-bond acceptors (Lipinski definition) is 4. The Bertz CT molecular complexity index is 792. The summed E-state index contributed by atoms with van der Waals surface area (Å²) in [6.07, 6.45) is 0. The molecule has 0 aliphatic carbocycles. The van der Waals surface area contributed by atoms with Gasteiger partial charge in [0.05, 0.1) is 10.6 Å². The highest BCUT2D eigenvalue weighted by Crippen LogP contribution is 2.64. The molecule has 0 bridgehead atoms. The van der Waals surface area contributed by atoms with E-state index in [2.05, 4.69) is 0 Å². The summed E-state index contributed by atoms with van der Waals surface area (Å²) >= 11 is 0. The molecule has 0 saturated carbocycles. The Kier molecular flexibility index (Phi) is 5.01. The Morgan fingerprint density at radius 3 is 1.08 bits per heavy atom. The normalized spacial score (nSPS) is 13.5. The van der Waals surface area contributed by atoms with Crippen molar-refractivity contribution in [1.29, 1.82) is 0 Å². The first-order chi connectivity index (χ1) is 11.0. The van der Waals surface area contributed by atoms with E-state index < -0.39 is 25.8 Å². The van der Waals surface area contributed by atoms with Crippen LogP contribution < -0.4 is 11.5 Å². The van der Waals surface area contributed by atoms with Crippen LogP contribution in [0.15, 0.2) is 48.5 Å². The topological polar surface area (TPSA) is 167 Å². The van der Waals surface area contributed by atoms with Gasteiger partial charge in [-0.2, -0.15) is 0 Å². The molecule has 0 aliphatic heterocycles. The summed E-state index contributed by atoms with van der Waals surface area (Å²) in [4.78, 5) is 38.8. The quantitative estimate of drug-likeness (QED) is 0.270. The average molecular weight is 370 g/mol. The highest BCUT2D eigenvalue weighted by atomic mass is 31.2. The lowest BCUT2D eigenvalue weighted by Gasteiger charge is -2.18. The molecule has 0 aliphatic rings. The molecule has 0 heterocycles. The van der Waals surface area contributed by atoms with Gasteiger partial charge in [0.2, 0.25) is 0 Å². The summed E-state index contributed by atoms with van der Waals surface area (Å²) in [5.74, 6) is 0. The third-order valence-electron chi connectivity index (χ3n) is 3.18. The molecule has 24 heavy (non-hydrogen) atoms. The van der Waals surface area contributed by atoms with Gasteiger partial charge in [-0.1, -0.05) is 24.3 Å². The SMILES string of the molecule is Nc1ccc(C(=C(c2ccc(N)cc2)P(=O)(O)O)P(=O)(O)O)cc1. The number of nitrogens with two attached hydrogens (primary N) is 2. The van der Waals surface area contributed by atoms with Crippen molar-refractivity contribution >= 4 is 37.2 Å². The Labute approximate surface area is 137 Å². The van der Waals surface area contributed by atoms with Crippen molar-refractivity contribution < 1.29 is 28.7 Å². The molecule has 128 valence electrons. The first-order valence-electron chi connectivity index (χ1n) is 6.58. The zero-order chi connectivity index (χ0) is 18.1. The second-order valence-corrected chi connectivity index (χ2v) is 8.10. The van der Waals surface area contributed by atoms with Crippen LogP contribution >= 0.6 is 15.2 Å². The summed E-state index contributed by atoms with van der Waals surface area (Å²) in [5, 5.41) is -1.50. The molecule has 0 spiro atoms. The van der Waals surface area contributed by atoms with Crippen molar-refractivity contribution in [3.8, 4) is 0 Å². The van der Waals surface area contributed by atoms with Gasteiger partial charge >= 0.3 is 15.2 Å². The van der Waals surface area contributed by atoms with Crippen molar-refractivity contribution in [1.82, 2.24) is 0 Å². The smallest absolute Gasteiger partial charge is 0.357 e. The molecule has 0 saturated heterocycles. The number of rotatable bonds is 4. The van der Waals surface area contributed by atoms with Crippen molar-refractivity contribution in [3.05, 3.63) is 59.7 Å². The highest BCUT2D eigenvalue weighted by Gasteiger charge is 2.35. The van der Waals surface area contributed by atoms with Crippen LogP contribution in [-0.2, 0) is 9.13 Å². The van der Waals surface area contributed by atoms with Crippen LogP contribution in [0.3, 0.4) is 0 Å². The third-order valence-corrected chi connectivity index (χ3v) is 5.48. The molecule has 0 unspecified atom stereocenters. The monoisotopic (exact) mass is 370 g/mol. The van der Waals surface area contributed by atoms with E-state index in [4.69, 9.17) is 11.5 Å². The maximum Gasteiger partial charge on any atom is 0.357 e. The molecule has 0 radical (unpaired) electrons. The zero-order valence-electron chi connectivity index (χ0n) is 12.3. The summed E-state index contributed by atoms with van der Waals surface area (Å²) in [6.45, 7) is 0. The first kappa shape index (κ1) is 18.4. The van der Waals surface area contributed by atoms with E-state index in [1.807, 2.05) is 0 Å². The maximum atomic E-state index is 12.0. The van der Waals surface area contributed by atoms with E-state index in [-0.39, 0.29) is 11.1 Å². The van der Waals surface area contributed by atoms with Gasteiger partial charge in [0.15, 0.2) is 0 Å². The van der Waals surface area contributed by atoms with Gasteiger partial charge in [-0.3, -0.25) is 9.13 Å². The lowest BCUT2D eigenvalue weighted by atomic mass is 10.1. The third kappa shape index (κ3) is 4.13. The second kappa shape index (κ2) is 6.53. The standard InChI is InChI=1S/C14H16N2O6P2/c15-11-5-1-9(2-6-11)13(23(17,18)19)14(24(20,21)22)10-3-7-12(16)8-4-10/h1-8H,15-16H2,(H2,17,18,19)(H2,20,21,22). The maximum absolute atomic E-state index is 12.0. The van der Waals surface area contributed by atoms with Crippen LogP contribution in [0.5, 0.6) is 0 Å². The van der Waals surface area contributed by atoms with Crippen LogP contribution in [0.25, 0.3) is 10.6 Å². The average Bonchev–Trinajstić information content (AvgIpc) is 2.45. The molecule has 2 aromatic rings. The molecular formula is C14H16N2O6P2. The molecular weight excluding hydrogens is 354 g/mol. The van der Waals surface area contributed by atoms with Crippen LogP contribution in [-0.4, -0.2) is 19.6 Å². The summed E-state index contributed by atoms with van der Waals surface area (Å²) < 4.78 is 24.0. The molecule has 10 heteroatoms. The minimum atomic E-state index is -5.03. The fourth-order valence-corrected chi connectivity index (χ4v) is 4.73. The fraction of sp³-hybridized carbons (Fsp3) is 0. The lowest BCUT2D eigenvalue weighted by molar-refractivity contribution is 0.383. The minimum absolute atomic E-state index is 0.0346. The van der Waals surface area contributed by atoms with Crippen molar-refractivity contribution in [2.75, 3.05) is 11.5 Å². The Morgan fingerprint density at radius 1 is 0.625 bits per heavy atom. The largest absolute Gasteiger partial charge is 0.399 e. The Hall–Kier alpha value is -1.92. The molecule has 0 amide bonds. The van der Waals surface area contributed by atoms with Crippen LogP contribution in [0, 0.1) is 0 Å². The van der Waals surface area contributed by atoms with Crippen molar-refractivity contribution in [3.63, 3.8) is 0 Å². The highest BCUT2D eigenvalue weighted by molar-refractivity contribution is 7.70. The van der Waals surface area contributed by atoms with Gasteiger partial charge in [0.1, 0.15) is 0 Å². The molecule has 0 aromatic heterocycles. The van der Waals surface area contributed by atoms with Gasteiger partial charge in [-0.25, -0.2) is 0 Å². The van der Waals surface area contributed by atoms with E-state index in [1.54, 1.807) is 0 Å². The van der Waals surface area contributed by atoms with Crippen molar-refractivity contribution in [2.45, 2.75) is 0 Å². The summed E-state index contributed by atoms with van der Waals surface area (Å²) in [6, 6.07) is 10.7. The number of hydrogen-bond donors (Lipinski definition) is 6. The number of nitrogen functional groups attached to an aromatic ring is 2. The van der Waals surface area contributed by atoms with E-state index in [0.717, 1.165) is 0 Å². The zero-order valence-corrected chi connectivity index (χ0v) is 14.1. The minimum Gasteiger partial charge on any atom is -0.399 e. The van der Waals surface area contributed by atoms with Gasteiger partial charge in [-0.05, 0) is 35.4 Å². The van der Waals surface area contributed by atoms with Gasteiger partial charge in [0.25, 0.3) is 0 Å². The predicted molar refractivity (Wildman–Crippen MR) is 92.6 cm³/mol. The number of benzene rings is 2. The Morgan fingerprint density at radius 2 is 0.875 bits per heavy atom.